The molecular formula is C23H25F2N3S. The molecule has 0 fully saturated rings. The normalized spacial score (nSPS) is 11.4. The Morgan fingerprint density at radius 1 is 1.03 bits per heavy atom. The quantitative estimate of drug-likeness (QED) is 0.355. The summed E-state index contributed by atoms with van der Waals surface area (Å²) in [4.78, 5) is 11.1. The van der Waals surface area contributed by atoms with Gasteiger partial charge in [-0.2, -0.15) is 0 Å². The van der Waals surface area contributed by atoms with E-state index in [1.54, 1.807) is 12.3 Å². The summed E-state index contributed by atoms with van der Waals surface area (Å²) in [6.07, 6.45) is 2.48. The number of aryl methyl sites for hydroxylation is 3. The fourth-order valence-corrected chi connectivity index (χ4v) is 3.77. The van der Waals surface area contributed by atoms with Gasteiger partial charge in [0.2, 0.25) is 0 Å². The Morgan fingerprint density at radius 3 is 2.52 bits per heavy atom. The highest BCUT2D eigenvalue weighted by molar-refractivity contribution is 7.10. The molecular weight excluding hydrogens is 388 g/mol. The molecule has 1 heterocycles. The Hall–Kier alpha value is -2.60. The maximum absolute atomic E-state index is 14.2. The molecule has 3 aromatic rings. The predicted molar refractivity (Wildman–Crippen MR) is 117 cm³/mol. The molecule has 0 aliphatic heterocycles. The lowest BCUT2D eigenvalue weighted by atomic mass is 10.0. The predicted octanol–water partition coefficient (Wildman–Crippen LogP) is 6.22. The van der Waals surface area contributed by atoms with Crippen LogP contribution in [0.3, 0.4) is 0 Å². The summed E-state index contributed by atoms with van der Waals surface area (Å²) in [7, 11) is 1.99. The molecule has 3 rings (SSSR count). The molecule has 0 bridgehead atoms. The maximum Gasteiger partial charge on any atom is 0.133 e. The third kappa shape index (κ3) is 4.88. The Morgan fingerprint density at radius 2 is 1.79 bits per heavy atom. The van der Waals surface area contributed by atoms with Crippen LogP contribution in [0.25, 0.3) is 11.3 Å². The first-order valence-corrected chi connectivity index (χ1v) is 10.4. The van der Waals surface area contributed by atoms with Gasteiger partial charge < -0.3 is 4.90 Å². The summed E-state index contributed by atoms with van der Waals surface area (Å²) in [5, 5.41) is 2.65. The van der Waals surface area contributed by atoms with Gasteiger partial charge in [0.05, 0.1) is 22.7 Å². The molecule has 3 nitrogen and oxygen atoms in total. The van der Waals surface area contributed by atoms with E-state index in [9.17, 15) is 8.78 Å². The number of rotatable bonds is 6. The second-order valence-electron chi connectivity index (χ2n) is 7.27. The minimum atomic E-state index is -0.452. The molecule has 0 atom stereocenters. The van der Waals surface area contributed by atoms with Crippen LogP contribution in [0.4, 0.5) is 14.5 Å². The van der Waals surface area contributed by atoms with E-state index in [0.717, 1.165) is 33.9 Å². The average molecular weight is 414 g/mol. The van der Waals surface area contributed by atoms with Crippen molar-refractivity contribution < 1.29 is 8.78 Å². The van der Waals surface area contributed by atoms with Crippen LogP contribution in [-0.4, -0.2) is 29.8 Å². The molecule has 0 spiro atoms. The summed E-state index contributed by atoms with van der Waals surface area (Å²) in [5.41, 5.74) is 5.29. The van der Waals surface area contributed by atoms with Gasteiger partial charge in [-0.25, -0.2) is 18.8 Å². The van der Waals surface area contributed by atoms with E-state index in [2.05, 4.69) is 36.0 Å². The number of benzene rings is 2. The van der Waals surface area contributed by atoms with E-state index in [1.165, 1.54) is 23.5 Å². The third-order valence-electron chi connectivity index (χ3n) is 4.96. The van der Waals surface area contributed by atoms with Crippen LogP contribution in [0.15, 0.2) is 34.6 Å². The summed E-state index contributed by atoms with van der Waals surface area (Å²) in [6, 6.07) is 6.64. The molecule has 1 aromatic heterocycles. The number of nitrogens with zero attached hydrogens (tertiary/aromatic N) is 3. The van der Waals surface area contributed by atoms with Crippen molar-refractivity contribution in [1.29, 1.82) is 0 Å². The molecule has 152 valence electrons. The van der Waals surface area contributed by atoms with Gasteiger partial charge >= 0.3 is 0 Å². The first-order chi connectivity index (χ1) is 13.8. The van der Waals surface area contributed by atoms with E-state index in [0.29, 0.717) is 17.7 Å². The molecule has 0 radical (unpaired) electrons. The zero-order chi connectivity index (χ0) is 21.1. The third-order valence-corrected chi connectivity index (χ3v) is 5.81. The highest BCUT2D eigenvalue weighted by Crippen LogP contribution is 2.29. The van der Waals surface area contributed by atoms with E-state index in [-0.39, 0.29) is 5.56 Å². The number of thiazole rings is 1. The van der Waals surface area contributed by atoms with Crippen LogP contribution in [0.1, 0.15) is 34.2 Å². The second kappa shape index (κ2) is 8.82. The van der Waals surface area contributed by atoms with E-state index in [1.807, 2.05) is 25.2 Å². The van der Waals surface area contributed by atoms with E-state index >= 15 is 0 Å². The number of aromatic nitrogens is 1. The minimum absolute atomic E-state index is 0.202. The highest BCUT2D eigenvalue weighted by atomic mass is 32.1. The molecule has 2 aromatic carbocycles. The van der Waals surface area contributed by atoms with Crippen LogP contribution >= 0.6 is 11.3 Å². The molecule has 0 saturated carbocycles. The first-order valence-electron chi connectivity index (χ1n) is 9.53. The maximum atomic E-state index is 14.2. The van der Waals surface area contributed by atoms with Crippen molar-refractivity contribution in [2.45, 2.75) is 34.1 Å². The number of halogens is 2. The van der Waals surface area contributed by atoms with Gasteiger partial charge in [-0.3, -0.25) is 0 Å². The lowest BCUT2D eigenvalue weighted by Crippen LogP contribution is -2.14. The number of aliphatic imine (C=N–C) groups is 1. The molecule has 0 unspecified atom stereocenters. The van der Waals surface area contributed by atoms with Crippen molar-refractivity contribution in [3.63, 3.8) is 0 Å². The SMILES string of the molecule is CCN(C)/C=N/c1cc(C)c(Cc2nc(-c3cc(F)c(C)cc3F)cs2)cc1C. The van der Waals surface area contributed by atoms with Crippen molar-refractivity contribution >= 4 is 23.4 Å². The van der Waals surface area contributed by atoms with Crippen LogP contribution < -0.4 is 0 Å². The van der Waals surface area contributed by atoms with Crippen LogP contribution in [0.5, 0.6) is 0 Å². The van der Waals surface area contributed by atoms with Crippen LogP contribution in [0, 0.1) is 32.4 Å². The largest absolute Gasteiger partial charge is 0.366 e. The Labute approximate surface area is 174 Å². The number of hydrogen-bond acceptors (Lipinski definition) is 3. The Balaban J connectivity index is 1.84. The zero-order valence-electron chi connectivity index (χ0n) is 17.4. The Bertz CT molecular complexity index is 1060. The number of hydrogen-bond donors (Lipinski definition) is 0. The smallest absolute Gasteiger partial charge is 0.133 e. The van der Waals surface area contributed by atoms with Crippen molar-refractivity contribution in [3.05, 3.63) is 68.5 Å². The summed E-state index contributed by atoms with van der Waals surface area (Å²) < 4.78 is 28.1. The van der Waals surface area contributed by atoms with Gasteiger partial charge in [-0.15, -0.1) is 11.3 Å². The van der Waals surface area contributed by atoms with Gasteiger partial charge in [0.1, 0.15) is 11.6 Å². The summed E-state index contributed by atoms with van der Waals surface area (Å²) in [5.74, 6) is -0.876. The molecule has 29 heavy (non-hydrogen) atoms. The Kier molecular flexibility index (Phi) is 6.42. The van der Waals surface area contributed by atoms with Gasteiger partial charge in [-0.05, 0) is 68.1 Å². The fraction of sp³-hybridized carbons (Fsp3) is 0.304. The summed E-state index contributed by atoms with van der Waals surface area (Å²) in [6.45, 7) is 8.62. The topological polar surface area (TPSA) is 28.5 Å². The van der Waals surface area contributed by atoms with Crippen molar-refractivity contribution in [2.75, 3.05) is 13.6 Å². The van der Waals surface area contributed by atoms with Crippen molar-refractivity contribution in [3.8, 4) is 11.3 Å². The molecule has 6 heteroatoms. The monoisotopic (exact) mass is 413 g/mol. The van der Waals surface area contributed by atoms with E-state index in [4.69, 9.17) is 0 Å². The lowest BCUT2D eigenvalue weighted by Gasteiger charge is -2.11. The summed E-state index contributed by atoms with van der Waals surface area (Å²) >= 11 is 1.46. The van der Waals surface area contributed by atoms with Gasteiger partial charge in [0, 0.05) is 31.0 Å². The zero-order valence-corrected chi connectivity index (χ0v) is 18.2. The molecule has 0 aliphatic rings. The lowest BCUT2D eigenvalue weighted by molar-refractivity contribution is 0.552. The molecule has 0 amide bonds. The van der Waals surface area contributed by atoms with Crippen LogP contribution in [0.2, 0.25) is 0 Å². The van der Waals surface area contributed by atoms with Crippen molar-refractivity contribution in [2.24, 2.45) is 4.99 Å². The van der Waals surface area contributed by atoms with Gasteiger partial charge in [0.15, 0.2) is 0 Å². The highest BCUT2D eigenvalue weighted by Gasteiger charge is 2.14. The van der Waals surface area contributed by atoms with Crippen LogP contribution in [-0.2, 0) is 6.42 Å². The average Bonchev–Trinajstić information content (AvgIpc) is 3.14. The van der Waals surface area contributed by atoms with E-state index < -0.39 is 11.6 Å². The van der Waals surface area contributed by atoms with Crippen molar-refractivity contribution in [1.82, 2.24) is 9.88 Å². The van der Waals surface area contributed by atoms with Gasteiger partial charge in [0.25, 0.3) is 0 Å². The molecule has 0 N–H and O–H groups in total. The second-order valence-corrected chi connectivity index (χ2v) is 8.21. The first kappa shape index (κ1) is 21.1. The molecule has 0 saturated heterocycles. The minimum Gasteiger partial charge on any atom is -0.366 e. The standard InChI is InChI=1S/C23H25F2N3S/c1-6-28(5)13-26-21-9-14(2)17(7-16(21)4)10-23-27-22(12-29-23)18-11-19(24)15(3)8-20(18)25/h7-9,11-13H,6,10H2,1-5H3/b26-13+. The molecule has 0 aliphatic carbocycles. The van der Waals surface area contributed by atoms with Gasteiger partial charge in [-0.1, -0.05) is 6.07 Å². The fourth-order valence-electron chi connectivity index (χ4n) is 2.95.